The van der Waals surface area contributed by atoms with Crippen molar-refractivity contribution in [3.05, 3.63) is 65.4 Å². The lowest BCUT2D eigenvalue weighted by Crippen LogP contribution is -2.25. The van der Waals surface area contributed by atoms with Crippen LogP contribution in [0, 0.1) is 11.3 Å². The number of aromatic nitrogens is 2. The number of carbonyl (C=O) groups excluding carboxylic acids is 1. The second kappa shape index (κ2) is 6.16. The maximum absolute atomic E-state index is 12.7. The number of benzene rings is 2. The van der Waals surface area contributed by atoms with Crippen LogP contribution in [-0.2, 0) is 13.6 Å². The molecule has 0 unspecified atom stereocenters. The van der Waals surface area contributed by atoms with Crippen LogP contribution < -0.4 is 0 Å². The van der Waals surface area contributed by atoms with Crippen LogP contribution in [0.3, 0.4) is 0 Å². The normalized spacial score (nSPS) is 14.0. The van der Waals surface area contributed by atoms with Crippen molar-refractivity contribution in [3.8, 4) is 17.2 Å². The first-order chi connectivity index (χ1) is 12.6. The average Bonchev–Trinajstić information content (AvgIpc) is 3.20. The van der Waals surface area contributed by atoms with Crippen LogP contribution in [0.1, 0.15) is 22.8 Å². The molecule has 1 aromatic heterocycles. The molecule has 4 rings (SSSR count). The molecule has 3 aromatic rings. The molecule has 5 heteroatoms. The number of carbonyl (C=O) groups is 1. The number of hydrogen-bond donors (Lipinski definition) is 0. The summed E-state index contributed by atoms with van der Waals surface area (Å²) in [5.74, 6) is -0.0157. The molecule has 0 bridgehead atoms. The Morgan fingerprint density at radius 3 is 2.88 bits per heavy atom. The van der Waals surface area contributed by atoms with Gasteiger partial charge < -0.3 is 4.90 Å². The minimum atomic E-state index is -0.0157. The molecule has 0 radical (unpaired) electrons. The maximum Gasteiger partial charge on any atom is 0.254 e. The van der Waals surface area contributed by atoms with Gasteiger partial charge in [0.25, 0.3) is 5.91 Å². The Morgan fingerprint density at radius 1 is 1.31 bits per heavy atom. The number of amides is 1. The molecule has 0 saturated heterocycles. The lowest BCUT2D eigenvalue weighted by molar-refractivity contribution is 0.0794. The van der Waals surface area contributed by atoms with Gasteiger partial charge in [-0.1, -0.05) is 30.3 Å². The standard InChI is InChI=1S/C21H18N4O/c1-3-14(10-22)12-25-13-19-17(5-4-6-18(19)21(25)26)15-7-8-16-11-23-24(2)20(16)9-15/h3-9,11H,12-13H2,1-2H3/b14-3-. The molecular formula is C21H18N4O. The van der Waals surface area contributed by atoms with Gasteiger partial charge in [0, 0.05) is 30.1 Å². The van der Waals surface area contributed by atoms with Crippen molar-refractivity contribution in [1.82, 2.24) is 14.7 Å². The first-order valence-electron chi connectivity index (χ1n) is 8.51. The Labute approximate surface area is 151 Å². The van der Waals surface area contributed by atoms with Crippen molar-refractivity contribution in [3.63, 3.8) is 0 Å². The zero-order valence-electron chi connectivity index (χ0n) is 14.7. The molecule has 5 nitrogen and oxygen atoms in total. The van der Waals surface area contributed by atoms with E-state index in [1.807, 2.05) is 43.0 Å². The summed E-state index contributed by atoms with van der Waals surface area (Å²) >= 11 is 0. The number of nitrogens with zero attached hydrogens (tertiary/aromatic N) is 4. The summed E-state index contributed by atoms with van der Waals surface area (Å²) < 4.78 is 1.85. The first-order valence-corrected chi connectivity index (χ1v) is 8.51. The van der Waals surface area contributed by atoms with Crippen LogP contribution in [0.25, 0.3) is 22.0 Å². The third-order valence-electron chi connectivity index (χ3n) is 4.96. The fourth-order valence-electron chi connectivity index (χ4n) is 3.50. The molecular weight excluding hydrogens is 324 g/mol. The summed E-state index contributed by atoms with van der Waals surface area (Å²) in [5.41, 5.74) is 5.53. The van der Waals surface area contributed by atoms with Gasteiger partial charge in [-0.05, 0) is 35.7 Å². The number of rotatable bonds is 3. The molecule has 0 N–H and O–H groups in total. The highest BCUT2D eigenvalue weighted by atomic mass is 16.2. The Bertz CT molecular complexity index is 1100. The van der Waals surface area contributed by atoms with E-state index in [2.05, 4.69) is 29.4 Å². The largest absolute Gasteiger partial charge is 0.329 e. The van der Waals surface area contributed by atoms with Gasteiger partial charge in [0.1, 0.15) is 0 Å². The van der Waals surface area contributed by atoms with E-state index in [1.54, 1.807) is 11.0 Å². The van der Waals surface area contributed by atoms with Crippen LogP contribution in [0.5, 0.6) is 0 Å². The van der Waals surface area contributed by atoms with Crippen LogP contribution in [0.4, 0.5) is 0 Å². The van der Waals surface area contributed by atoms with E-state index in [4.69, 9.17) is 5.26 Å². The van der Waals surface area contributed by atoms with Gasteiger partial charge in [0.2, 0.25) is 0 Å². The van der Waals surface area contributed by atoms with E-state index >= 15 is 0 Å². The van der Waals surface area contributed by atoms with Crippen LogP contribution >= 0.6 is 0 Å². The van der Waals surface area contributed by atoms with E-state index < -0.39 is 0 Å². The summed E-state index contributed by atoms with van der Waals surface area (Å²) in [5, 5.41) is 14.6. The molecule has 1 aliphatic heterocycles. The summed E-state index contributed by atoms with van der Waals surface area (Å²) in [6, 6.07) is 14.2. The molecule has 2 aromatic carbocycles. The maximum atomic E-state index is 12.7. The van der Waals surface area contributed by atoms with Crippen molar-refractivity contribution in [1.29, 1.82) is 5.26 Å². The molecule has 0 saturated carbocycles. The minimum Gasteiger partial charge on any atom is -0.329 e. The highest BCUT2D eigenvalue weighted by Crippen LogP contribution is 2.34. The third kappa shape index (κ3) is 2.47. The van der Waals surface area contributed by atoms with E-state index in [0.29, 0.717) is 18.7 Å². The molecule has 0 spiro atoms. The second-order valence-electron chi connectivity index (χ2n) is 6.46. The van der Waals surface area contributed by atoms with Crippen molar-refractivity contribution in [2.45, 2.75) is 13.5 Å². The van der Waals surface area contributed by atoms with E-state index in [9.17, 15) is 4.79 Å². The van der Waals surface area contributed by atoms with Crippen LogP contribution in [-0.4, -0.2) is 27.1 Å². The van der Waals surface area contributed by atoms with E-state index in [0.717, 1.165) is 33.2 Å². The van der Waals surface area contributed by atoms with E-state index in [-0.39, 0.29) is 5.91 Å². The quantitative estimate of drug-likeness (QED) is 0.682. The molecule has 26 heavy (non-hydrogen) atoms. The summed E-state index contributed by atoms with van der Waals surface area (Å²) in [7, 11) is 1.92. The highest BCUT2D eigenvalue weighted by Gasteiger charge is 2.29. The number of nitriles is 1. The molecule has 1 amide bonds. The van der Waals surface area contributed by atoms with Crippen molar-refractivity contribution in [2.75, 3.05) is 6.54 Å². The van der Waals surface area contributed by atoms with Gasteiger partial charge in [-0.3, -0.25) is 9.48 Å². The summed E-state index contributed by atoms with van der Waals surface area (Å²) in [4.78, 5) is 14.5. The van der Waals surface area contributed by atoms with Gasteiger partial charge in [-0.15, -0.1) is 0 Å². The average molecular weight is 342 g/mol. The Kier molecular flexibility index (Phi) is 3.81. The van der Waals surface area contributed by atoms with Gasteiger partial charge in [0.05, 0.1) is 24.3 Å². The number of aryl methyl sites for hydroxylation is 1. The monoisotopic (exact) mass is 342 g/mol. The van der Waals surface area contributed by atoms with Gasteiger partial charge in [-0.25, -0.2) is 0 Å². The summed E-state index contributed by atoms with van der Waals surface area (Å²) in [6.07, 6.45) is 3.60. The zero-order chi connectivity index (χ0) is 18.3. The van der Waals surface area contributed by atoms with Gasteiger partial charge in [0.15, 0.2) is 0 Å². The van der Waals surface area contributed by atoms with Crippen LogP contribution in [0.2, 0.25) is 0 Å². The third-order valence-corrected chi connectivity index (χ3v) is 4.96. The minimum absolute atomic E-state index is 0.0157. The first kappa shape index (κ1) is 16.1. The molecule has 128 valence electrons. The predicted octanol–water partition coefficient (Wildman–Crippen LogP) is 3.67. The fourth-order valence-corrected chi connectivity index (χ4v) is 3.50. The highest BCUT2D eigenvalue weighted by molar-refractivity contribution is 6.01. The van der Waals surface area contributed by atoms with Crippen molar-refractivity contribution >= 4 is 16.8 Å². The SMILES string of the molecule is C/C=C(/C#N)CN1Cc2c(cccc2-c2ccc3cnn(C)c3c2)C1=O. The second-order valence-corrected chi connectivity index (χ2v) is 6.46. The lowest BCUT2D eigenvalue weighted by Gasteiger charge is -2.14. The van der Waals surface area contributed by atoms with Gasteiger partial charge in [-0.2, -0.15) is 10.4 Å². The number of hydrogen-bond acceptors (Lipinski definition) is 3. The van der Waals surface area contributed by atoms with Crippen molar-refractivity contribution < 1.29 is 4.79 Å². The molecule has 0 fully saturated rings. The van der Waals surface area contributed by atoms with Crippen molar-refractivity contribution in [2.24, 2.45) is 7.05 Å². The molecule has 0 atom stereocenters. The number of fused-ring (bicyclic) bond motifs is 2. The Morgan fingerprint density at radius 2 is 2.12 bits per heavy atom. The smallest absolute Gasteiger partial charge is 0.254 e. The summed E-state index contributed by atoms with van der Waals surface area (Å²) in [6.45, 7) is 2.69. The fraction of sp³-hybridized carbons (Fsp3) is 0.190. The molecule has 2 heterocycles. The predicted molar refractivity (Wildman–Crippen MR) is 100 cm³/mol. The number of allylic oxidation sites excluding steroid dienone is 1. The Balaban J connectivity index is 1.77. The Hall–Kier alpha value is -3.39. The molecule has 1 aliphatic rings. The van der Waals surface area contributed by atoms with E-state index in [1.165, 1.54) is 0 Å². The lowest BCUT2D eigenvalue weighted by atomic mass is 9.96. The van der Waals surface area contributed by atoms with Gasteiger partial charge >= 0.3 is 0 Å². The van der Waals surface area contributed by atoms with Crippen LogP contribution in [0.15, 0.2) is 54.2 Å². The zero-order valence-corrected chi connectivity index (χ0v) is 14.7. The molecule has 0 aliphatic carbocycles. The topological polar surface area (TPSA) is 61.9 Å².